The van der Waals surface area contributed by atoms with Gasteiger partial charge in [0.1, 0.15) is 5.82 Å². The summed E-state index contributed by atoms with van der Waals surface area (Å²) in [5.41, 5.74) is 6.24. The molecule has 1 aliphatic rings. The van der Waals surface area contributed by atoms with Crippen LogP contribution in [0.25, 0.3) is 0 Å². The number of rotatable bonds is 3. The third kappa shape index (κ3) is 1.80. The minimum atomic E-state index is -0.652. The molecule has 0 heterocycles. The zero-order chi connectivity index (χ0) is 12.8. The normalized spacial score (nSPS) is 25.8. The van der Waals surface area contributed by atoms with E-state index >= 15 is 0 Å². The number of benzene rings is 1. The van der Waals surface area contributed by atoms with Crippen molar-refractivity contribution in [3.8, 4) is 5.75 Å². The molecule has 0 spiro atoms. The van der Waals surface area contributed by atoms with Crippen molar-refractivity contribution in [2.45, 2.75) is 19.8 Å². The maximum Gasteiger partial charge on any atom is 0.168 e. The van der Waals surface area contributed by atoms with E-state index in [-0.39, 0.29) is 23.0 Å². The molecule has 1 fully saturated rings. The monoisotopic (exact) mass is 241 g/mol. The molecule has 0 unspecified atom stereocenters. The zero-order valence-corrected chi connectivity index (χ0v) is 10.3. The smallest absolute Gasteiger partial charge is 0.168 e. The fraction of sp³-hybridized carbons (Fsp3) is 0.538. The van der Waals surface area contributed by atoms with E-state index in [0.717, 1.165) is 6.07 Å². The molecule has 0 amide bonds. The molecule has 0 aromatic heterocycles. The predicted octanol–water partition coefficient (Wildman–Crippen LogP) is 2.67. The highest BCUT2D eigenvalue weighted by molar-refractivity contribution is 5.44. The van der Waals surface area contributed by atoms with Crippen molar-refractivity contribution in [3.63, 3.8) is 0 Å². The number of ether oxygens (including phenoxy) is 1. The topological polar surface area (TPSA) is 35.2 Å². The molecule has 17 heavy (non-hydrogen) atoms. The Labute approximate surface area is 99.8 Å². The van der Waals surface area contributed by atoms with Gasteiger partial charge in [-0.2, -0.15) is 0 Å². The van der Waals surface area contributed by atoms with E-state index in [1.807, 2.05) is 0 Å². The van der Waals surface area contributed by atoms with E-state index in [0.29, 0.717) is 12.1 Å². The van der Waals surface area contributed by atoms with Crippen molar-refractivity contribution in [1.82, 2.24) is 0 Å². The third-order valence-electron chi connectivity index (χ3n) is 3.88. The Morgan fingerprint density at radius 3 is 2.47 bits per heavy atom. The molecular weight excluding hydrogens is 224 g/mol. The molecular formula is C13H17F2NO. The van der Waals surface area contributed by atoms with Gasteiger partial charge >= 0.3 is 0 Å². The predicted molar refractivity (Wildman–Crippen MR) is 62.0 cm³/mol. The Morgan fingerprint density at radius 1 is 1.35 bits per heavy atom. The van der Waals surface area contributed by atoms with Crippen LogP contribution in [-0.4, -0.2) is 13.7 Å². The van der Waals surface area contributed by atoms with E-state index in [2.05, 4.69) is 13.8 Å². The Bertz CT molecular complexity index is 445. The highest BCUT2D eigenvalue weighted by Gasteiger charge is 2.58. The second kappa shape index (κ2) is 3.95. The highest BCUT2D eigenvalue weighted by atomic mass is 19.1. The summed E-state index contributed by atoms with van der Waals surface area (Å²) in [6.07, 6.45) is 0. The van der Waals surface area contributed by atoms with Crippen molar-refractivity contribution >= 4 is 0 Å². The molecule has 1 aromatic carbocycles. The summed E-state index contributed by atoms with van der Waals surface area (Å²) < 4.78 is 31.9. The number of nitrogens with two attached hydrogens (primary N) is 1. The standard InChI is InChI=1S/C13H17F2NO/c1-13(2)9(6-16)11(13)8-4-7(14)5-10(15)12(8)17-3/h4-5,9,11H,6,16H2,1-3H3/t9-,11-/m0/s1. The molecule has 1 aliphatic carbocycles. The lowest BCUT2D eigenvalue weighted by molar-refractivity contribution is 0.377. The number of hydrogen-bond donors (Lipinski definition) is 1. The van der Waals surface area contributed by atoms with Gasteiger partial charge in [-0.15, -0.1) is 0 Å². The molecule has 2 atom stereocenters. The summed E-state index contributed by atoms with van der Waals surface area (Å²) in [5, 5.41) is 0. The van der Waals surface area contributed by atoms with Crippen LogP contribution < -0.4 is 10.5 Å². The van der Waals surface area contributed by atoms with Crippen LogP contribution in [0.2, 0.25) is 0 Å². The van der Waals surface area contributed by atoms with Crippen LogP contribution in [0.1, 0.15) is 25.3 Å². The van der Waals surface area contributed by atoms with Gasteiger partial charge < -0.3 is 10.5 Å². The molecule has 2 rings (SSSR count). The number of hydrogen-bond acceptors (Lipinski definition) is 2. The lowest BCUT2D eigenvalue weighted by atomic mass is 10.0. The summed E-state index contributed by atoms with van der Waals surface area (Å²) >= 11 is 0. The van der Waals surface area contributed by atoms with Gasteiger partial charge in [-0.1, -0.05) is 13.8 Å². The molecule has 0 radical (unpaired) electrons. The van der Waals surface area contributed by atoms with Crippen LogP contribution in [0.3, 0.4) is 0 Å². The van der Waals surface area contributed by atoms with Crippen LogP contribution in [0, 0.1) is 23.0 Å². The molecule has 0 saturated heterocycles. The van der Waals surface area contributed by atoms with E-state index in [1.165, 1.54) is 13.2 Å². The average molecular weight is 241 g/mol. The van der Waals surface area contributed by atoms with Crippen LogP contribution in [0.4, 0.5) is 8.78 Å². The van der Waals surface area contributed by atoms with E-state index in [4.69, 9.17) is 10.5 Å². The summed E-state index contributed by atoms with van der Waals surface area (Å²) in [5.74, 6) is -0.775. The first-order valence-corrected chi connectivity index (χ1v) is 5.66. The van der Waals surface area contributed by atoms with Crippen molar-refractivity contribution in [2.75, 3.05) is 13.7 Å². The van der Waals surface area contributed by atoms with Crippen LogP contribution in [-0.2, 0) is 0 Å². The van der Waals surface area contributed by atoms with E-state index < -0.39 is 11.6 Å². The van der Waals surface area contributed by atoms with E-state index in [9.17, 15) is 8.78 Å². The second-order valence-electron chi connectivity index (χ2n) is 5.15. The summed E-state index contributed by atoms with van der Waals surface area (Å²) in [4.78, 5) is 0. The molecule has 4 heteroatoms. The minimum absolute atomic E-state index is 0.0255. The first-order chi connectivity index (χ1) is 7.93. The van der Waals surface area contributed by atoms with Gasteiger partial charge in [0.25, 0.3) is 0 Å². The fourth-order valence-electron chi connectivity index (χ4n) is 2.83. The van der Waals surface area contributed by atoms with Gasteiger partial charge in [-0.3, -0.25) is 0 Å². The van der Waals surface area contributed by atoms with Crippen molar-refractivity contribution in [1.29, 1.82) is 0 Å². The first kappa shape index (κ1) is 12.3. The second-order valence-corrected chi connectivity index (χ2v) is 5.15. The Hall–Kier alpha value is -1.16. The molecule has 94 valence electrons. The van der Waals surface area contributed by atoms with Gasteiger partial charge in [0.2, 0.25) is 0 Å². The van der Waals surface area contributed by atoms with Crippen molar-refractivity contribution < 1.29 is 13.5 Å². The SMILES string of the molecule is COc1c(F)cc(F)cc1[C@H]1[C@H](CN)C1(C)C. The number of methoxy groups -OCH3 is 1. The Kier molecular flexibility index (Phi) is 2.86. The fourth-order valence-corrected chi connectivity index (χ4v) is 2.83. The zero-order valence-electron chi connectivity index (χ0n) is 10.3. The molecule has 0 bridgehead atoms. The largest absolute Gasteiger partial charge is 0.493 e. The van der Waals surface area contributed by atoms with Crippen LogP contribution in [0.15, 0.2) is 12.1 Å². The van der Waals surface area contributed by atoms with Gasteiger partial charge in [0.05, 0.1) is 7.11 Å². The number of halogens is 2. The first-order valence-electron chi connectivity index (χ1n) is 5.66. The molecule has 1 aromatic rings. The van der Waals surface area contributed by atoms with Crippen LogP contribution >= 0.6 is 0 Å². The third-order valence-corrected chi connectivity index (χ3v) is 3.88. The Morgan fingerprint density at radius 2 is 2.00 bits per heavy atom. The van der Waals surface area contributed by atoms with Gasteiger partial charge in [-0.05, 0) is 29.9 Å². The maximum atomic E-state index is 13.6. The van der Waals surface area contributed by atoms with Crippen molar-refractivity contribution in [3.05, 3.63) is 29.3 Å². The highest BCUT2D eigenvalue weighted by Crippen LogP contribution is 2.65. The summed E-state index contributed by atoms with van der Waals surface area (Å²) in [7, 11) is 1.40. The lowest BCUT2D eigenvalue weighted by Crippen LogP contribution is -2.05. The molecule has 1 saturated carbocycles. The summed E-state index contributed by atoms with van der Waals surface area (Å²) in [6.45, 7) is 4.62. The van der Waals surface area contributed by atoms with Gasteiger partial charge in [0, 0.05) is 11.6 Å². The maximum absolute atomic E-state index is 13.6. The minimum Gasteiger partial charge on any atom is -0.493 e. The summed E-state index contributed by atoms with van der Waals surface area (Å²) in [6, 6.07) is 2.19. The Balaban J connectivity index is 2.46. The van der Waals surface area contributed by atoms with Crippen molar-refractivity contribution in [2.24, 2.45) is 17.1 Å². The van der Waals surface area contributed by atoms with Crippen LogP contribution in [0.5, 0.6) is 5.75 Å². The molecule has 0 aliphatic heterocycles. The molecule has 2 nitrogen and oxygen atoms in total. The average Bonchev–Trinajstić information content (AvgIpc) is 2.79. The van der Waals surface area contributed by atoms with Gasteiger partial charge in [0.15, 0.2) is 11.6 Å². The van der Waals surface area contributed by atoms with E-state index in [1.54, 1.807) is 0 Å². The molecule has 2 N–H and O–H groups in total. The lowest BCUT2D eigenvalue weighted by Gasteiger charge is -2.11. The quantitative estimate of drug-likeness (QED) is 0.883. The van der Waals surface area contributed by atoms with Gasteiger partial charge in [-0.25, -0.2) is 8.78 Å².